The molecule has 0 bridgehead atoms. The minimum Gasteiger partial charge on any atom is -0.374 e. The Bertz CT molecular complexity index is 624. The molecular weight excluding hydrogens is 272 g/mol. The Kier molecular flexibility index (Phi) is 3.60. The first-order valence-corrected chi connectivity index (χ1v) is 7.45. The molecule has 2 rings (SSSR count). The number of hydrogen-bond donors (Lipinski definition) is 2. The van der Waals surface area contributed by atoms with Crippen molar-refractivity contribution in [3.8, 4) is 0 Å². The highest BCUT2D eigenvalue weighted by Gasteiger charge is 2.22. The summed E-state index contributed by atoms with van der Waals surface area (Å²) in [6.07, 6.45) is 0. The van der Waals surface area contributed by atoms with E-state index in [1.54, 1.807) is 6.92 Å². The molecule has 2 aromatic rings. The molecule has 0 amide bonds. The van der Waals surface area contributed by atoms with Gasteiger partial charge in [-0.25, -0.2) is 13.1 Å². The van der Waals surface area contributed by atoms with Gasteiger partial charge in [0.2, 0.25) is 9.47 Å². The molecule has 0 spiro atoms. The Morgan fingerprint density at radius 1 is 1.28 bits per heavy atom. The van der Waals surface area contributed by atoms with Crippen LogP contribution in [0.25, 0.3) is 0 Å². The normalized spacial score (nSPS) is 13.4. The molecule has 6 nitrogen and oxygen atoms in total. The maximum absolute atomic E-state index is 12.0. The van der Waals surface area contributed by atoms with Crippen molar-refractivity contribution in [2.24, 2.45) is 0 Å². The van der Waals surface area contributed by atoms with Gasteiger partial charge in [0.15, 0.2) is 0 Å². The van der Waals surface area contributed by atoms with E-state index in [0.29, 0.717) is 0 Å². The molecule has 96 valence electrons. The summed E-state index contributed by atoms with van der Waals surface area (Å²) in [6.45, 7) is 1.76. The van der Waals surface area contributed by atoms with Gasteiger partial charge in [0.05, 0.1) is 0 Å². The summed E-state index contributed by atoms with van der Waals surface area (Å²) >= 11 is 0.837. The van der Waals surface area contributed by atoms with E-state index in [0.717, 1.165) is 16.9 Å². The number of aromatic nitrogens is 2. The van der Waals surface area contributed by atoms with Crippen molar-refractivity contribution in [1.29, 1.82) is 0 Å². The fourth-order valence-electron chi connectivity index (χ4n) is 1.42. The molecule has 0 saturated heterocycles. The van der Waals surface area contributed by atoms with Gasteiger partial charge in [-0.3, -0.25) is 0 Å². The zero-order chi connectivity index (χ0) is 13.2. The first-order chi connectivity index (χ1) is 8.49. The Hall–Kier alpha value is -1.51. The van der Waals surface area contributed by atoms with Gasteiger partial charge in [-0.05, 0) is 12.5 Å². The Labute approximate surface area is 109 Å². The molecule has 1 heterocycles. The summed E-state index contributed by atoms with van der Waals surface area (Å²) in [6, 6.07) is 8.92. The van der Waals surface area contributed by atoms with E-state index in [1.807, 2.05) is 30.3 Å². The molecule has 18 heavy (non-hydrogen) atoms. The molecule has 0 aliphatic carbocycles. The number of nitrogens with one attached hydrogen (secondary N) is 1. The smallest absolute Gasteiger partial charge is 0.270 e. The van der Waals surface area contributed by atoms with Crippen LogP contribution >= 0.6 is 11.3 Å². The van der Waals surface area contributed by atoms with Crippen LogP contribution in [0.4, 0.5) is 5.13 Å². The lowest BCUT2D eigenvalue weighted by Crippen LogP contribution is -2.26. The molecule has 3 N–H and O–H groups in total. The minimum absolute atomic E-state index is 0.122. The molecule has 0 saturated carbocycles. The number of benzene rings is 1. The van der Waals surface area contributed by atoms with E-state index in [4.69, 9.17) is 5.73 Å². The number of anilines is 1. The van der Waals surface area contributed by atoms with Crippen LogP contribution in [0.3, 0.4) is 0 Å². The van der Waals surface area contributed by atoms with E-state index < -0.39 is 10.0 Å². The van der Waals surface area contributed by atoms with Gasteiger partial charge < -0.3 is 5.73 Å². The monoisotopic (exact) mass is 284 g/mol. The van der Waals surface area contributed by atoms with Gasteiger partial charge in [-0.15, -0.1) is 10.2 Å². The fraction of sp³-hybridized carbons (Fsp3) is 0.200. The lowest BCUT2D eigenvalue weighted by molar-refractivity contribution is 0.565. The predicted molar refractivity (Wildman–Crippen MR) is 69.5 cm³/mol. The Morgan fingerprint density at radius 2 is 1.94 bits per heavy atom. The zero-order valence-corrected chi connectivity index (χ0v) is 11.2. The first kappa shape index (κ1) is 12.9. The van der Waals surface area contributed by atoms with Crippen molar-refractivity contribution in [3.05, 3.63) is 35.9 Å². The average Bonchev–Trinajstić information content (AvgIpc) is 2.77. The van der Waals surface area contributed by atoms with Crippen LogP contribution < -0.4 is 10.5 Å². The molecular formula is C10H12N4O2S2. The largest absolute Gasteiger partial charge is 0.374 e. The van der Waals surface area contributed by atoms with Crippen LogP contribution in [0.1, 0.15) is 18.5 Å². The lowest BCUT2D eigenvalue weighted by atomic mass is 10.1. The van der Waals surface area contributed by atoms with Gasteiger partial charge in [-0.1, -0.05) is 41.7 Å². The number of sulfonamides is 1. The van der Waals surface area contributed by atoms with Crippen LogP contribution in [0.5, 0.6) is 0 Å². The second kappa shape index (κ2) is 5.01. The number of nitrogens with two attached hydrogens (primary N) is 1. The summed E-state index contributed by atoms with van der Waals surface area (Å²) in [4.78, 5) is 0. The highest BCUT2D eigenvalue weighted by molar-refractivity contribution is 7.91. The predicted octanol–water partition coefficient (Wildman–Crippen LogP) is 1.16. The molecule has 1 aromatic carbocycles. The standard InChI is InChI=1S/C10H12N4O2S2/c1-7(8-5-3-2-4-6-8)14-18(15,16)10-13-12-9(11)17-10/h2-7,14H,1H3,(H2,11,12). The van der Waals surface area contributed by atoms with Crippen LogP contribution in [0, 0.1) is 0 Å². The molecule has 8 heteroatoms. The maximum Gasteiger partial charge on any atom is 0.270 e. The van der Waals surface area contributed by atoms with E-state index in [1.165, 1.54) is 0 Å². The third-order valence-corrected chi connectivity index (χ3v) is 4.94. The van der Waals surface area contributed by atoms with Crippen molar-refractivity contribution in [3.63, 3.8) is 0 Å². The summed E-state index contributed by atoms with van der Waals surface area (Å²) < 4.78 is 26.3. The van der Waals surface area contributed by atoms with E-state index in [2.05, 4.69) is 14.9 Å². The van der Waals surface area contributed by atoms with Gasteiger partial charge in [0, 0.05) is 6.04 Å². The van der Waals surface area contributed by atoms with Crippen LogP contribution in [-0.4, -0.2) is 18.6 Å². The van der Waals surface area contributed by atoms with E-state index in [-0.39, 0.29) is 15.5 Å². The van der Waals surface area contributed by atoms with Crippen molar-refractivity contribution < 1.29 is 8.42 Å². The molecule has 1 aromatic heterocycles. The van der Waals surface area contributed by atoms with Crippen molar-refractivity contribution in [1.82, 2.24) is 14.9 Å². The Morgan fingerprint density at radius 3 is 2.50 bits per heavy atom. The lowest BCUT2D eigenvalue weighted by Gasteiger charge is -2.12. The van der Waals surface area contributed by atoms with Crippen molar-refractivity contribution in [2.45, 2.75) is 17.3 Å². The Balaban J connectivity index is 2.19. The number of nitrogens with zero attached hydrogens (tertiary/aromatic N) is 2. The fourth-order valence-corrected chi connectivity index (χ4v) is 3.45. The summed E-state index contributed by atoms with van der Waals surface area (Å²) in [7, 11) is -3.67. The molecule has 0 aliphatic rings. The number of rotatable bonds is 4. The summed E-state index contributed by atoms with van der Waals surface area (Å²) in [5.41, 5.74) is 6.24. The van der Waals surface area contributed by atoms with Crippen molar-refractivity contribution in [2.75, 3.05) is 5.73 Å². The molecule has 0 fully saturated rings. The van der Waals surface area contributed by atoms with Gasteiger partial charge in [0.1, 0.15) is 0 Å². The third kappa shape index (κ3) is 2.84. The van der Waals surface area contributed by atoms with Gasteiger partial charge in [0.25, 0.3) is 10.0 Å². The molecule has 0 radical (unpaired) electrons. The van der Waals surface area contributed by atoms with Crippen molar-refractivity contribution >= 4 is 26.5 Å². The SMILES string of the molecule is CC(NS(=O)(=O)c1nnc(N)s1)c1ccccc1. The highest BCUT2D eigenvalue weighted by Crippen LogP contribution is 2.20. The first-order valence-electron chi connectivity index (χ1n) is 5.15. The second-order valence-electron chi connectivity index (χ2n) is 3.66. The second-order valence-corrected chi connectivity index (χ2v) is 6.56. The third-order valence-electron chi connectivity index (χ3n) is 2.28. The van der Waals surface area contributed by atoms with Gasteiger partial charge in [-0.2, -0.15) is 0 Å². The maximum atomic E-state index is 12.0. The zero-order valence-electron chi connectivity index (χ0n) is 9.57. The molecule has 0 aliphatic heterocycles. The summed E-state index contributed by atoms with van der Waals surface area (Å²) in [5, 5.41) is 7.14. The summed E-state index contributed by atoms with van der Waals surface area (Å²) in [5.74, 6) is 0. The van der Waals surface area contributed by atoms with Crippen LogP contribution in [-0.2, 0) is 10.0 Å². The van der Waals surface area contributed by atoms with E-state index in [9.17, 15) is 8.42 Å². The number of hydrogen-bond acceptors (Lipinski definition) is 6. The van der Waals surface area contributed by atoms with Gasteiger partial charge >= 0.3 is 0 Å². The molecule has 1 unspecified atom stereocenters. The minimum atomic E-state index is -3.67. The highest BCUT2D eigenvalue weighted by atomic mass is 32.2. The van der Waals surface area contributed by atoms with Crippen LogP contribution in [0.2, 0.25) is 0 Å². The quantitative estimate of drug-likeness (QED) is 0.878. The van der Waals surface area contributed by atoms with Crippen LogP contribution in [0.15, 0.2) is 34.7 Å². The topological polar surface area (TPSA) is 98.0 Å². The number of nitrogen functional groups attached to an aromatic ring is 1. The molecule has 1 atom stereocenters. The average molecular weight is 284 g/mol. The van der Waals surface area contributed by atoms with E-state index >= 15 is 0 Å².